The number of hydrogen-bond acceptors (Lipinski definition) is 5. The average molecular weight is 294 g/mol. The normalized spacial score (nSPS) is 17.6. The minimum absolute atomic E-state index is 0.481. The number of aliphatic hydroxyl groups excluding tert-OH is 1. The molecule has 1 aromatic rings. The lowest BCUT2D eigenvalue weighted by Gasteiger charge is -2.26. The predicted octanol–water partition coefficient (Wildman–Crippen LogP) is 1.17. The van der Waals surface area contributed by atoms with E-state index in [1.807, 2.05) is 24.3 Å². The molecule has 1 atom stereocenters. The first kappa shape index (κ1) is 16.2. The maximum absolute atomic E-state index is 9.83. The molecule has 1 saturated heterocycles. The highest BCUT2D eigenvalue weighted by molar-refractivity contribution is 5.28. The first-order valence-corrected chi connectivity index (χ1v) is 7.70. The van der Waals surface area contributed by atoms with E-state index in [1.165, 1.54) is 0 Å². The van der Waals surface area contributed by atoms with Crippen molar-refractivity contribution in [3.8, 4) is 5.75 Å². The van der Waals surface area contributed by atoms with Crippen LogP contribution >= 0.6 is 0 Å². The van der Waals surface area contributed by atoms with Crippen molar-refractivity contribution in [2.24, 2.45) is 5.73 Å². The standard InChI is InChI=1S/C16H26N2O3/c17-7-6-16(19)14-2-4-15(5-3-14)21-11-1-8-18-9-12-20-13-10-18/h2-5,16,19H,1,6-13,17H2. The molecule has 1 aliphatic heterocycles. The maximum atomic E-state index is 9.83. The molecule has 5 nitrogen and oxygen atoms in total. The highest BCUT2D eigenvalue weighted by atomic mass is 16.5. The van der Waals surface area contributed by atoms with Crippen LogP contribution in [0.1, 0.15) is 24.5 Å². The molecule has 1 fully saturated rings. The molecule has 3 N–H and O–H groups in total. The second kappa shape index (κ2) is 9.00. The van der Waals surface area contributed by atoms with Gasteiger partial charge in [-0.3, -0.25) is 4.90 Å². The van der Waals surface area contributed by atoms with E-state index in [4.69, 9.17) is 15.2 Å². The van der Waals surface area contributed by atoms with Crippen LogP contribution in [0.25, 0.3) is 0 Å². The Balaban J connectivity index is 1.66. The van der Waals surface area contributed by atoms with Crippen LogP contribution in [-0.4, -0.2) is 56.0 Å². The van der Waals surface area contributed by atoms with Crippen molar-refractivity contribution in [3.63, 3.8) is 0 Å². The summed E-state index contributed by atoms with van der Waals surface area (Å²) >= 11 is 0. The van der Waals surface area contributed by atoms with Crippen molar-refractivity contribution in [1.82, 2.24) is 4.90 Å². The molecular formula is C16H26N2O3. The monoisotopic (exact) mass is 294 g/mol. The van der Waals surface area contributed by atoms with E-state index in [1.54, 1.807) is 0 Å². The molecule has 118 valence electrons. The van der Waals surface area contributed by atoms with Gasteiger partial charge in [-0.05, 0) is 37.1 Å². The molecule has 0 aromatic heterocycles. The molecule has 0 bridgehead atoms. The lowest BCUT2D eigenvalue weighted by Crippen LogP contribution is -2.37. The van der Waals surface area contributed by atoms with E-state index < -0.39 is 6.10 Å². The number of morpholine rings is 1. The Hall–Kier alpha value is -1.14. The minimum atomic E-state index is -0.481. The van der Waals surface area contributed by atoms with Crippen LogP contribution in [0.15, 0.2) is 24.3 Å². The van der Waals surface area contributed by atoms with Crippen molar-refractivity contribution < 1.29 is 14.6 Å². The molecular weight excluding hydrogens is 268 g/mol. The molecule has 0 radical (unpaired) electrons. The molecule has 0 spiro atoms. The van der Waals surface area contributed by atoms with Crippen LogP contribution in [0.4, 0.5) is 0 Å². The fourth-order valence-electron chi connectivity index (χ4n) is 2.41. The molecule has 1 aliphatic rings. The van der Waals surface area contributed by atoms with Crippen molar-refractivity contribution >= 4 is 0 Å². The van der Waals surface area contributed by atoms with Crippen LogP contribution < -0.4 is 10.5 Å². The van der Waals surface area contributed by atoms with Gasteiger partial charge in [0.2, 0.25) is 0 Å². The van der Waals surface area contributed by atoms with Gasteiger partial charge in [-0.1, -0.05) is 12.1 Å². The maximum Gasteiger partial charge on any atom is 0.119 e. The van der Waals surface area contributed by atoms with Crippen molar-refractivity contribution in [1.29, 1.82) is 0 Å². The summed E-state index contributed by atoms with van der Waals surface area (Å²) in [5.74, 6) is 0.848. The summed E-state index contributed by atoms with van der Waals surface area (Å²) in [4.78, 5) is 2.40. The quantitative estimate of drug-likeness (QED) is 0.705. The molecule has 0 aliphatic carbocycles. The second-order valence-corrected chi connectivity index (χ2v) is 5.32. The Morgan fingerprint density at radius 2 is 1.95 bits per heavy atom. The van der Waals surface area contributed by atoms with Gasteiger partial charge in [0.25, 0.3) is 0 Å². The average Bonchev–Trinajstić information content (AvgIpc) is 2.53. The Kier molecular flexibility index (Phi) is 6.95. The largest absolute Gasteiger partial charge is 0.494 e. The number of ether oxygens (including phenoxy) is 2. The number of aliphatic hydroxyl groups is 1. The van der Waals surface area contributed by atoms with Gasteiger partial charge in [-0.15, -0.1) is 0 Å². The Morgan fingerprint density at radius 3 is 2.62 bits per heavy atom. The summed E-state index contributed by atoms with van der Waals surface area (Å²) in [6, 6.07) is 7.61. The van der Waals surface area contributed by atoms with Gasteiger partial charge >= 0.3 is 0 Å². The Morgan fingerprint density at radius 1 is 1.24 bits per heavy atom. The van der Waals surface area contributed by atoms with Gasteiger partial charge in [-0.2, -0.15) is 0 Å². The van der Waals surface area contributed by atoms with E-state index in [0.29, 0.717) is 19.6 Å². The van der Waals surface area contributed by atoms with Crippen LogP contribution in [0.3, 0.4) is 0 Å². The number of benzene rings is 1. The first-order valence-electron chi connectivity index (χ1n) is 7.70. The summed E-state index contributed by atoms with van der Waals surface area (Å²) in [7, 11) is 0. The summed E-state index contributed by atoms with van der Waals surface area (Å²) in [5.41, 5.74) is 6.33. The lowest BCUT2D eigenvalue weighted by molar-refractivity contribution is 0.0358. The summed E-state index contributed by atoms with van der Waals surface area (Å²) in [5, 5.41) is 9.83. The zero-order valence-corrected chi connectivity index (χ0v) is 12.5. The Labute approximate surface area is 126 Å². The van der Waals surface area contributed by atoms with E-state index in [2.05, 4.69) is 4.90 Å². The summed E-state index contributed by atoms with van der Waals surface area (Å²) in [6.45, 7) is 5.97. The van der Waals surface area contributed by atoms with Crippen molar-refractivity contribution in [2.45, 2.75) is 18.9 Å². The molecule has 0 saturated carbocycles. The topological polar surface area (TPSA) is 68.0 Å². The number of rotatable bonds is 8. The minimum Gasteiger partial charge on any atom is -0.494 e. The lowest BCUT2D eigenvalue weighted by atomic mass is 10.1. The van der Waals surface area contributed by atoms with Gasteiger partial charge in [0.1, 0.15) is 5.75 Å². The summed E-state index contributed by atoms with van der Waals surface area (Å²) < 4.78 is 11.0. The van der Waals surface area contributed by atoms with Crippen molar-refractivity contribution in [2.75, 3.05) is 46.0 Å². The highest BCUT2D eigenvalue weighted by Gasteiger charge is 2.09. The fourth-order valence-corrected chi connectivity index (χ4v) is 2.41. The van der Waals surface area contributed by atoms with Gasteiger partial charge in [0.15, 0.2) is 0 Å². The van der Waals surface area contributed by atoms with E-state index in [-0.39, 0.29) is 0 Å². The number of hydrogen-bond donors (Lipinski definition) is 2. The smallest absolute Gasteiger partial charge is 0.119 e. The second-order valence-electron chi connectivity index (χ2n) is 5.32. The highest BCUT2D eigenvalue weighted by Crippen LogP contribution is 2.19. The number of nitrogens with two attached hydrogens (primary N) is 1. The van der Waals surface area contributed by atoms with Crippen LogP contribution in [-0.2, 0) is 4.74 Å². The Bertz CT molecular complexity index is 391. The predicted molar refractivity (Wildman–Crippen MR) is 82.4 cm³/mol. The molecule has 0 amide bonds. The fraction of sp³-hybridized carbons (Fsp3) is 0.625. The van der Waals surface area contributed by atoms with E-state index >= 15 is 0 Å². The van der Waals surface area contributed by atoms with Crippen molar-refractivity contribution in [3.05, 3.63) is 29.8 Å². The molecule has 1 aromatic carbocycles. The van der Waals surface area contributed by atoms with Gasteiger partial charge in [0.05, 0.1) is 25.9 Å². The molecule has 1 unspecified atom stereocenters. The van der Waals surface area contributed by atoms with Gasteiger partial charge < -0.3 is 20.3 Å². The SMILES string of the molecule is NCCC(O)c1ccc(OCCCN2CCOCC2)cc1. The van der Waals surface area contributed by atoms with Crippen LogP contribution in [0.2, 0.25) is 0 Å². The molecule has 21 heavy (non-hydrogen) atoms. The van der Waals surface area contributed by atoms with Crippen LogP contribution in [0, 0.1) is 0 Å². The first-order chi connectivity index (χ1) is 10.3. The van der Waals surface area contributed by atoms with Gasteiger partial charge in [-0.25, -0.2) is 0 Å². The zero-order valence-electron chi connectivity index (χ0n) is 12.5. The molecule has 2 rings (SSSR count). The van der Waals surface area contributed by atoms with E-state index in [9.17, 15) is 5.11 Å². The molecule has 1 heterocycles. The summed E-state index contributed by atoms with van der Waals surface area (Å²) in [6.07, 6.45) is 1.11. The number of nitrogens with zero attached hydrogens (tertiary/aromatic N) is 1. The van der Waals surface area contributed by atoms with Gasteiger partial charge in [0, 0.05) is 19.6 Å². The van der Waals surface area contributed by atoms with Crippen LogP contribution in [0.5, 0.6) is 5.75 Å². The molecule has 5 heteroatoms. The third-order valence-electron chi connectivity index (χ3n) is 3.70. The zero-order chi connectivity index (χ0) is 14.9. The van der Waals surface area contributed by atoms with E-state index in [0.717, 1.165) is 50.6 Å². The third kappa shape index (κ3) is 5.63. The third-order valence-corrected chi connectivity index (χ3v) is 3.70.